The Morgan fingerprint density at radius 1 is 1.32 bits per heavy atom. The second-order valence-corrected chi connectivity index (χ2v) is 5.78. The maximum Gasteiger partial charge on any atom is 0.240 e. The van der Waals surface area contributed by atoms with E-state index in [0.29, 0.717) is 19.4 Å². The Bertz CT molecular complexity index is 720. The van der Waals surface area contributed by atoms with Gasteiger partial charge in [-0.2, -0.15) is 0 Å². The summed E-state index contributed by atoms with van der Waals surface area (Å²) in [6.45, 7) is 3.57. The molecule has 1 aliphatic heterocycles. The Morgan fingerprint density at radius 3 is 2.82 bits per heavy atom. The summed E-state index contributed by atoms with van der Waals surface area (Å²) in [6, 6.07) is 7.66. The number of amides is 2. The van der Waals surface area contributed by atoms with E-state index in [4.69, 9.17) is 5.73 Å². The van der Waals surface area contributed by atoms with Crippen molar-refractivity contribution in [3.8, 4) is 0 Å². The van der Waals surface area contributed by atoms with Gasteiger partial charge in [0.1, 0.15) is 6.04 Å². The van der Waals surface area contributed by atoms with Gasteiger partial charge in [-0.05, 0) is 31.4 Å². The first-order valence-electron chi connectivity index (χ1n) is 7.77. The Morgan fingerprint density at radius 2 is 2.09 bits per heavy atom. The summed E-state index contributed by atoms with van der Waals surface area (Å²) in [6.07, 6.45) is 3.88. The number of aromatic nitrogens is 1. The third-order valence-corrected chi connectivity index (χ3v) is 4.46. The van der Waals surface area contributed by atoms with Gasteiger partial charge in [0, 0.05) is 30.2 Å². The third-order valence-electron chi connectivity index (χ3n) is 4.46. The molecule has 1 aromatic carbocycles. The van der Waals surface area contributed by atoms with E-state index in [0.717, 1.165) is 29.4 Å². The SMILES string of the molecule is CCn1cc(CC(=O)N2CCC[C@@H]2C(N)=O)c2ccccc21. The number of likely N-dealkylation sites (tertiary alicyclic amines) is 1. The summed E-state index contributed by atoms with van der Waals surface area (Å²) in [5.74, 6) is -0.415. The van der Waals surface area contributed by atoms with Crippen LogP contribution in [0.2, 0.25) is 0 Å². The molecular weight excluding hydrogens is 278 g/mol. The second kappa shape index (κ2) is 5.83. The Kier molecular flexibility index (Phi) is 3.88. The number of hydrogen-bond acceptors (Lipinski definition) is 2. The predicted octanol–water partition coefficient (Wildman–Crippen LogP) is 1.68. The van der Waals surface area contributed by atoms with Crippen molar-refractivity contribution in [2.75, 3.05) is 6.54 Å². The van der Waals surface area contributed by atoms with Gasteiger partial charge in [-0.1, -0.05) is 18.2 Å². The molecule has 1 saturated heterocycles. The van der Waals surface area contributed by atoms with Crippen molar-refractivity contribution in [2.24, 2.45) is 5.73 Å². The van der Waals surface area contributed by atoms with Crippen LogP contribution in [0.5, 0.6) is 0 Å². The van der Waals surface area contributed by atoms with Gasteiger partial charge in [-0.3, -0.25) is 9.59 Å². The van der Waals surface area contributed by atoms with Crippen LogP contribution >= 0.6 is 0 Å². The fraction of sp³-hybridized carbons (Fsp3) is 0.412. The number of nitrogens with two attached hydrogens (primary N) is 1. The van der Waals surface area contributed by atoms with Crippen LogP contribution < -0.4 is 5.73 Å². The molecule has 3 rings (SSSR count). The molecule has 5 heteroatoms. The Balaban J connectivity index is 1.87. The molecule has 2 heterocycles. The summed E-state index contributed by atoms with van der Waals surface area (Å²) in [7, 11) is 0. The van der Waals surface area contributed by atoms with Crippen LogP contribution in [0.1, 0.15) is 25.3 Å². The van der Waals surface area contributed by atoms with Crippen molar-refractivity contribution in [3.05, 3.63) is 36.0 Å². The second-order valence-electron chi connectivity index (χ2n) is 5.78. The van der Waals surface area contributed by atoms with E-state index in [2.05, 4.69) is 17.6 Å². The number of para-hydroxylation sites is 1. The summed E-state index contributed by atoms with van der Waals surface area (Å²) in [5, 5.41) is 1.10. The number of nitrogens with zero attached hydrogens (tertiary/aromatic N) is 2. The smallest absolute Gasteiger partial charge is 0.240 e. The van der Waals surface area contributed by atoms with Crippen molar-refractivity contribution in [1.82, 2.24) is 9.47 Å². The van der Waals surface area contributed by atoms with Gasteiger partial charge in [0.25, 0.3) is 0 Å². The number of hydrogen-bond donors (Lipinski definition) is 1. The van der Waals surface area contributed by atoms with Gasteiger partial charge >= 0.3 is 0 Å². The van der Waals surface area contributed by atoms with Crippen LogP contribution in [0.3, 0.4) is 0 Å². The minimum absolute atomic E-state index is 0.0136. The van der Waals surface area contributed by atoms with Gasteiger partial charge in [0.15, 0.2) is 0 Å². The molecule has 0 radical (unpaired) electrons. The fourth-order valence-corrected chi connectivity index (χ4v) is 3.35. The normalized spacial score (nSPS) is 18.0. The van der Waals surface area contributed by atoms with E-state index in [1.54, 1.807) is 4.90 Å². The summed E-state index contributed by atoms with van der Waals surface area (Å²) in [4.78, 5) is 25.7. The highest BCUT2D eigenvalue weighted by Gasteiger charge is 2.32. The van der Waals surface area contributed by atoms with E-state index in [-0.39, 0.29) is 5.91 Å². The average molecular weight is 299 g/mol. The standard InChI is InChI=1S/C17H21N3O2/c1-2-19-11-12(13-6-3-4-7-14(13)19)10-16(21)20-9-5-8-15(20)17(18)22/h3-4,6-7,11,15H,2,5,8-10H2,1H3,(H2,18,22)/t15-/m1/s1. The zero-order chi connectivity index (χ0) is 15.7. The van der Waals surface area contributed by atoms with Crippen LogP contribution in [0.4, 0.5) is 0 Å². The number of benzene rings is 1. The molecule has 1 fully saturated rings. The van der Waals surface area contributed by atoms with E-state index < -0.39 is 11.9 Å². The molecule has 0 saturated carbocycles. The Hall–Kier alpha value is -2.30. The number of aryl methyl sites for hydroxylation is 1. The lowest BCUT2D eigenvalue weighted by Crippen LogP contribution is -2.44. The highest BCUT2D eigenvalue weighted by molar-refractivity contribution is 5.92. The highest BCUT2D eigenvalue weighted by atomic mass is 16.2. The molecular formula is C17H21N3O2. The number of carbonyl (C=O) groups is 2. The van der Waals surface area contributed by atoms with E-state index in [1.165, 1.54) is 0 Å². The van der Waals surface area contributed by atoms with Crippen LogP contribution in [0.15, 0.2) is 30.5 Å². The maximum absolute atomic E-state index is 12.6. The quantitative estimate of drug-likeness (QED) is 0.933. The van der Waals surface area contributed by atoms with E-state index >= 15 is 0 Å². The minimum Gasteiger partial charge on any atom is -0.368 e. The molecule has 0 unspecified atom stereocenters. The number of primary amides is 1. The molecule has 22 heavy (non-hydrogen) atoms. The molecule has 0 aliphatic carbocycles. The number of carbonyl (C=O) groups excluding carboxylic acids is 2. The minimum atomic E-state index is -0.438. The molecule has 2 aromatic rings. The number of fused-ring (bicyclic) bond motifs is 1. The van der Waals surface area contributed by atoms with Gasteiger partial charge < -0.3 is 15.2 Å². The molecule has 2 N–H and O–H groups in total. The number of rotatable bonds is 4. The highest BCUT2D eigenvalue weighted by Crippen LogP contribution is 2.24. The molecule has 1 aromatic heterocycles. The monoisotopic (exact) mass is 299 g/mol. The molecule has 1 aliphatic rings. The molecule has 0 spiro atoms. The lowest BCUT2D eigenvalue weighted by atomic mass is 10.1. The summed E-state index contributed by atoms with van der Waals surface area (Å²) >= 11 is 0. The summed E-state index contributed by atoms with van der Waals surface area (Å²) < 4.78 is 2.15. The van der Waals surface area contributed by atoms with Crippen molar-refractivity contribution in [1.29, 1.82) is 0 Å². The van der Waals surface area contributed by atoms with Gasteiger partial charge in [0.2, 0.25) is 11.8 Å². The largest absolute Gasteiger partial charge is 0.368 e. The zero-order valence-corrected chi connectivity index (χ0v) is 12.8. The molecule has 0 bridgehead atoms. The van der Waals surface area contributed by atoms with Crippen molar-refractivity contribution >= 4 is 22.7 Å². The molecule has 116 valence electrons. The molecule has 1 atom stereocenters. The first-order chi connectivity index (χ1) is 10.6. The van der Waals surface area contributed by atoms with E-state index in [1.807, 2.05) is 24.4 Å². The van der Waals surface area contributed by atoms with Crippen LogP contribution in [-0.2, 0) is 22.6 Å². The first-order valence-corrected chi connectivity index (χ1v) is 7.77. The van der Waals surface area contributed by atoms with Gasteiger partial charge in [-0.25, -0.2) is 0 Å². The van der Waals surface area contributed by atoms with Gasteiger partial charge in [-0.15, -0.1) is 0 Å². The van der Waals surface area contributed by atoms with E-state index in [9.17, 15) is 9.59 Å². The lowest BCUT2D eigenvalue weighted by molar-refractivity contribution is -0.136. The van der Waals surface area contributed by atoms with Gasteiger partial charge in [0.05, 0.1) is 6.42 Å². The van der Waals surface area contributed by atoms with Crippen molar-refractivity contribution < 1.29 is 9.59 Å². The fourth-order valence-electron chi connectivity index (χ4n) is 3.35. The zero-order valence-electron chi connectivity index (χ0n) is 12.8. The molecule has 5 nitrogen and oxygen atoms in total. The molecule has 2 amide bonds. The lowest BCUT2D eigenvalue weighted by Gasteiger charge is -2.22. The predicted molar refractivity (Wildman–Crippen MR) is 85.2 cm³/mol. The van der Waals surface area contributed by atoms with Crippen LogP contribution in [0.25, 0.3) is 10.9 Å². The van der Waals surface area contributed by atoms with Crippen molar-refractivity contribution in [2.45, 2.75) is 38.8 Å². The average Bonchev–Trinajstić information content (AvgIpc) is 3.12. The van der Waals surface area contributed by atoms with Crippen LogP contribution in [-0.4, -0.2) is 33.9 Å². The summed E-state index contributed by atoms with van der Waals surface area (Å²) in [5.41, 5.74) is 7.55. The maximum atomic E-state index is 12.6. The first kappa shape index (κ1) is 14.6. The van der Waals surface area contributed by atoms with Crippen molar-refractivity contribution in [3.63, 3.8) is 0 Å². The van der Waals surface area contributed by atoms with Crippen LogP contribution in [0, 0.1) is 0 Å². The Labute approximate surface area is 129 Å². The third kappa shape index (κ3) is 2.47. The topological polar surface area (TPSA) is 68.3 Å².